The molecule has 0 amide bonds. The van der Waals surface area contributed by atoms with Crippen molar-refractivity contribution in [2.24, 2.45) is 5.41 Å². The molecule has 2 rings (SSSR count). The third-order valence-corrected chi connectivity index (χ3v) is 2.65. The topological polar surface area (TPSA) is 44.0 Å². The molecule has 66 valence electrons. The number of rotatable bonds is 2. The maximum absolute atomic E-state index is 9.89. The molecule has 0 heterocycles. The van der Waals surface area contributed by atoms with Crippen LogP contribution >= 0.6 is 0 Å². The van der Waals surface area contributed by atoms with Crippen molar-refractivity contribution in [3.8, 4) is 6.07 Å². The lowest BCUT2D eigenvalue weighted by atomic mass is 9.94. The third-order valence-electron chi connectivity index (χ3n) is 2.65. The summed E-state index contributed by atoms with van der Waals surface area (Å²) < 4.78 is 0. The van der Waals surface area contributed by atoms with Crippen molar-refractivity contribution < 1.29 is 5.11 Å². The Labute approximate surface area is 77.4 Å². The third kappa shape index (κ3) is 1.32. The molecule has 0 unspecified atom stereocenters. The summed E-state index contributed by atoms with van der Waals surface area (Å²) >= 11 is 0. The van der Waals surface area contributed by atoms with Gasteiger partial charge in [0.25, 0.3) is 0 Å². The van der Waals surface area contributed by atoms with Crippen molar-refractivity contribution in [1.82, 2.24) is 0 Å². The van der Waals surface area contributed by atoms with E-state index in [1.807, 2.05) is 30.3 Å². The highest BCUT2D eigenvalue weighted by molar-refractivity contribution is 5.26. The minimum Gasteiger partial charge on any atom is -0.387 e. The van der Waals surface area contributed by atoms with E-state index in [1.165, 1.54) is 0 Å². The summed E-state index contributed by atoms with van der Waals surface area (Å²) in [7, 11) is 0. The van der Waals surface area contributed by atoms with Crippen LogP contribution in [0.15, 0.2) is 30.3 Å². The van der Waals surface area contributed by atoms with Crippen LogP contribution in [-0.4, -0.2) is 5.11 Å². The average Bonchev–Trinajstić information content (AvgIpc) is 2.99. The number of benzene rings is 1. The van der Waals surface area contributed by atoms with Gasteiger partial charge in [-0.2, -0.15) is 5.26 Å². The molecule has 0 spiro atoms. The van der Waals surface area contributed by atoms with Crippen molar-refractivity contribution >= 4 is 0 Å². The number of hydrogen-bond acceptors (Lipinski definition) is 2. The number of aliphatic hydroxyl groups is 1. The molecule has 1 aromatic rings. The van der Waals surface area contributed by atoms with Gasteiger partial charge in [0, 0.05) is 0 Å². The quantitative estimate of drug-likeness (QED) is 0.743. The fourth-order valence-corrected chi connectivity index (χ4v) is 1.54. The molecule has 1 aromatic carbocycles. The smallest absolute Gasteiger partial charge is 0.0976 e. The van der Waals surface area contributed by atoms with Crippen LogP contribution in [0, 0.1) is 16.7 Å². The van der Waals surface area contributed by atoms with E-state index in [4.69, 9.17) is 5.26 Å². The summed E-state index contributed by atoms with van der Waals surface area (Å²) in [5.41, 5.74) is 0.364. The first-order valence-corrected chi connectivity index (χ1v) is 4.43. The lowest BCUT2D eigenvalue weighted by Gasteiger charge is -2.14. The molecule has 1 aliphatic carbocycles. The zero-order valence-electron chi connectivity index (χ0n) is 7.27. The summed E-state index contributed by atoms with van der Waals surface area (Å²) in [4.78, 5) is 0. The minimum absolute atomic E-state index is 0.485. The van der Waals surface area contributed by atoms with Crippen LogP contribution < -0.4 is 0 Å². The molecule has 13 heavy (non-hydrogen) atoms. The molecule has 1 N–H and O–H groups in total. The highest BCUT2D eigenvalue weighted by Gasteiger charge is 2.50. The maximum atomic E-state index is 9.89. The average molecular weight is 173 g/mol. The fraction of sp³-hybridized carbons (Fsp3) is 0.364. The van der Waals surface area contributed by atoms with Crippen molar-refractivity contribution in [1.29, 1.82) is 5.26 Å². The standard InChI is InChI=1S/C11H11NO/c12-8-11(6-7-11)10(13)9-4-2-1-3-5-9/h1-5,10,13H,6-7H2/t10-/m1/s1. The summed E-state index contributed by atoms with van der Waals surface area (Å²) in [5, 5.41) is 18.8. The van der Waals surface area contributed by atoms with E-state index in [0.29, 0.717) is 0 Å². The maximum Gasteiger partial charge on any atom is 0.0976 e. The molecule has 1 aliphatic rings. The van der Waals surface area contributed by atoms with E-state index >= 15 is 0 Å². The molecular weight excluding hydrogens is 162 g/mol. The molecular formula is C11H11NO. The highest BCUT2D eigenvalue weighted by Crippen LogP contribution is 2.54. The molecule has 2 heteroatoms. The van der Waals surface area contributed by atoms with Crippen LogP contribution in [0.1, 0.15) is 24.5 Å². The molecule has 0 saturated heterocycles. The van der Waals surface area contributed by atoms with E-state index in [9.17, 15) is 5.11 Å². The van der Waals surface area contributed by atoms with Crippen LogP contribution in [-0.2, 0) is 0 Å². The normalized spacial score (nSPS) is 20.3. The Kier molecular flexibility index (Phi) is 1.82. The summed E-state index contributed by atoms with van der Waals surface area (Å²) in [6, 6.07) is 11.6. The number of hydrogen-bond donors (Lipinski definition) is 1. The van der Waals surface area contributed by atoms with Gasteiger partial charge in [-0.25, -0.2) is 0 Å². The Bertz CT molecular complexity index is 335. The highest BCUT2D eigenvalue weighted by atomic mass is 16.3. The van der Waals surface area contributed by atoms with E-state index < -0.39 is 11.5 Å². The molecule has 0 aliphatic heterocycles. The van der Waals surface area contributed by atoms with E-state index in [0.717, 1.165) is 18.4 Å². The molecule has 0 bridgehead atoms. The summed E-state index contributed by atoms with van der Waals surface area (Å²) in [6.45, 7) is 0. The monoisotopic (exact) mass is 173 g/mol. The Balaban J connectivity index is 2.24. The predicted octanol–water partition coefficient (Wildman–Crippen LogP) is 2.02. The van der Waals surface area contributed by atoms with Gasteiger partial charge < -0.3 is 5.11 Å². The van der Waals surface area contributed by atoms with E-state index in [1.54, 1.807) is 0 Å². The number of nitrogens with zero attached hydrogens (tertiary/aromatic N) is 1. The lowest BCUT2D eigenvalue weighted by molar-refractivity contribution is 0.123. The second-order valence-corrected chi connectivity index (χ2v) is 3.58. The largest absolute Gasteiger partial charge is 0.387 e. The second kappa shape index (κ2) is 2.86. The number of aliphatic hydroxyl groups excluding tert-OH is 1. The summed E-state index contributed by atoms with van der Waals surface area (Å²) in [6.07, 6.45) is 1.03. The van der Waals surface area contributed by atoms with Gasteiger partial charge in [-0.15, -0.1) is 0 Å². The van der Waals surface area contributed by atoms with Gasteiger partial charge in [0.1, 0.15) is 0 Å². The Morgan fingerprint density at radius 1 is 1.31 bits per heavy atom. The zero-order valence-corrected chi connectivity index (χ0v) is 7.27. The van der Waals surface area contributed by atoms with Gasteiger partial charge in [-0.3, -0.25) is 0 Å². The van der Waals surface area contributed by atoms with Gasteiger partial charge in [0.15, 0.2) is 0 Å². The van der Waals surface area contributed by atoms with Crippen molar-refractivity contribution in [2.45, 2.75) is 18.9 Å². The minimum atomic E-state index is -0.612. The Morgan fingerprint density at radius 3 is 2.38 bits per heavy atom. The molecule has 0 aromatic heterocycles. The Hall–Kier alpha value is -1.33. The summed E-state index contributed by atoms with van der Waals surface area (Å²) in [5.74, 6) is 0. The van der Waals surface area contributed by atoms with Crippen LogP contribution in [0.2, 0.25) is 0 Å². The van der Waals surface area contributed by atoms with Crippen molar-refractivity contribution in [2.75, 3.05) is 0 Å². The first-order valence-electron chi connectivity index (χ1n) is 4.43. The van der Waals surface area contributed by atoms with E-state index in [2.05, 4.69) is 6.07 Å². The van der Waals surface area contributed by atoms with Crippen LogP contribution in [0.5, 0.6) is 0 Å². The predicted molar refractivity (Wildman–Crippen MR) is 48.7 cm³/mol. The van der Waals surface area contributed by atoms with Gasteiger partial charge in [-0.1, -0.05) is 30.3 Å². The van der Waals surface area contributed by atoms with Crippen LogP contribution in [0.3, 0.4) is 0 Å². The van der Waals surface area contributed by atoms with Gasteiger partial charge in [0.05, 0.1) is 17.6 Å². The molecule has 1 fully saturated rings. The molecule has 2 nitrogen and oxygen atoms in total. The van der Waals surface area contributed by atoms with E-state index in [-0.39, 0.29) is 0 Å². The zero-order chi connectivity index (χ0) is 9.31. The first kappa shape index (κ1) is 8.28. The number of nitriles is 1. The van der Waals surface area contributed by atoms with Gasteiger partial charge >= 0.3 is 0 Å². The van der Waals surface area contributed by atoms with Crippen molar-refractivity contribution in [3.63, 3.8) is 0 Å². The molecule has 1 atom stereocenters. The van der Waals surface area contributed by atoms with Gasteiger partial charge in [-0.05, 0) is 18.4 Å². The van der Waals surface area contributed by atoms with Crippen LogP contribution in [0.4, 0.5) is 0 Å². The van der Waals surface area contributed by atoms with Crippen LogP contribution in [0.25, 0.3) is 0 Å². The molecule has 1 saturated carbocycles. The first-order chi connectivity index (χ1) is 6.28. The molecule has 0 radical (unpaired) electrons. The second-order valence-electron chi connectivity index (χ2n) is 3.58. The lowest BCUT2D eigenvalue weighted by Crippen LogP contribution is -2.11. The fourth-order valence-electron chi connectivity index (χ4n) is 1.54. The Morgan fingerprint density at radius 2 is 1.92 bits per heavy atom. The van der Waals surface area contributed by atoms with Gasteiger partial charge in [0.2, 0.25) is 0 Å². The SMILES string of the molecule is N#CC1([C@H](O)c2ccccc2)CC1. The van der Waals surface area contributed by atoms with Crippen molar-refractivity contribution in [3.05, 3.63) is 35.9 Å².